The molecular formula is C26H20N2O7S. The van der Waals surface area contributed by atoms with Gasteiger partial charge in [0.05, 0.1) is 16.5 Å². The first kappa shape index (κ1) is 23.4. The maximum Gasteiger partial charge on any atom is 0.338 e. The number of hydrogen-bond acceptors (Lipinski definition) is 8. The Morgan fingerprint density at radius 3 is 2.56 bits per heavy atom. The van der Waals surface area contributed by atoms with Gasteiger partial charge in [0, 0.05) is 22.6 Å². The fourth-order valence-electron chi connectivity index (χ4n) is 3.66. The topological polar surface area (TPSA) is 120 Å². The van der Waals surface area contributed by atoms with Crippen molar-refractivity contribution in [2.75, 3.05) is 24.0 Å². The first-order valence-corrected chi connectivity index (χ1v) is 11.9. The SMILES string of the molecule is O=C(C[C@H]1Sc2ccccc2NC1=O)Nc1ccc(C(=O)OCC(=O)c2ccc3c(c2)OCO3)cc1. The summed E-state index contributed by atoms with van der Waals surface area (Å²) >= 11 is 1.35. The molecule has 3 aromatic carbocycles. The Balaban J connectivity index is 1.12. The minimum atomic E-state index is -0.670. The monoisotopic (exact) mass is 504 g/mol. The number of hydrogen-bond donors (Lipinski definition) is 2. The summed E-state index contributed by atoms with van der Waals surface area (Å²) in [4.78, 5) is 50.4. The molecule has 0 saturated carbocycles. The van der Waals surface area contributed by atoms with Gasteiger partial charge in [0.15, 0.2) is 23.9 Å². The molecule has 2 N–H and O–H groups in total. The molecule has 3 aromatic rings. The first-order valence-electron chi connectivity index (χ1n) is 11.0. The summed E-state index contributed by atoms with van der Waals surface area (Å²) in [7, 11) is 0. The van der Waals surface area contributed by atoms with Crippen molar-refractivity contribution in [3.8, 4) is 11.5 Å². The van der Waals surface area contributed by atoms with Crippen molar-refractivity contribution in [1.29, 1.82) is 0 Å². The standard InChI is InChI=1S/C26H20N2O7S/c29-19(16-7-10-20-21(11-16)35-14-34-20)13-33-26(32)15-5-8-17(9-6-15)27-24(30)12-23-25(31)28-18-3-1-2-4-22(18)36-23/h1-11,23H,12-14H2,(H,27,30)(H,28,31)/t23-/m1/s1. The van der Waals surface area contributed by atoms with Gasteiger partial charge in [-0.2, -0.15) is 0 Å². The number of carbonyl (C=O) groups excluding carboxylic acids is 4. The zero-order chi connectivity index (χ0) is 25.1. The van der Waals surface area contributed by atoms with E-state index in [0.717, 1.165) is 10.6 Å². The van der Waals surface area contributed by atoms with Gasteiger partial charge in [-0.1, -0.05) is 12.1 Å². The average molecular weight is 505 g/mol. The molecule has 0 spiro atoms. The molecule has 0 fully saturated rings. The summed E-state index contributed by atoms with van der Waals surface area (Å²) in [6, 6.07) is 18.3. The van der Waals surface area contributed by atoms with Crippen LogP contribution in [0, 0.1) is 0 Å². The highest BCUT2D eigenvalue weighted by molar-refractivity contribution is 8.01. The minimum Gasteiger partial charge on any atom is -0.454 e. The predicted octanol–water partition coefficient (Wildman–Crippen LogP) is 3.90. The molecule has 2 aliphatic rings. The van der Waals surface area contributed by atoms with Crippen molar-refractivity contribution in [1.82, 2.24) is 0 Å². The Labute approximate surface area is 210 Å². The maximum atomic E-state index is 12.5. The molecule has 36 heavy (non-hydrogen) atoms. The summed E-state index contributed by atoms with van der Waals surface area (Å²) in [6.07, 6.45) is -0.00338. The van der Waals surface area contributed by atoms with Gasteiger partial charge in [0.1, 0.15) is 0 Å². The van der Waals surface area contributed by atoms with Crippen LogP contribution in [0.2, 0.25) is 0 Å². The number of fused-ring (bicyclic) bond motifs is 2. The lowest BCUT2D eigenvalue weighted by Crippen LogP contribution is -2.32. The summed E-state index contributed by atoms with van der Waals surface area (Å²) < 4.78 is 15.6. The van der Waals surface area contributed by atoms with E-state index < -0.39 is 17.8 Å². The number of amides is 2. The molecule has 1 atom stereocenters. The van der Waals surface area contributed by atoms with Crippen LogP contribution in [0.5, 0.6) is 11.5 Å². The van der Waals surface area contributed by atoms with Crippen LogP contribution >= 0.6 is 11.8 Å². The van der Waals surface area contributed by atoms with E-state index in [9.17, 15) is 19.2 Å². The van der Waals surface area contributed by atoms with Gasteiger partial charge < -0.3 is 24.8 Å². The third-order valence-electron chi connectivity index (χ3n) is 5.51. The van der Waals surface area contributed by atoms with E-state index in [0.29, 0.717) is 22.7 Å². The van der Waals surface area contributed by atoms with Crippen LogP contribution in [0.25, 0.3) is 0 Å². The van der Waals surface area contributed by atoms with Gasteiger partial charge in [-0.15, -0.1) is 11.8 Å². The van der Waals surface area contributed by atoms with E-state index in [1.54, 1.807) is 30.3 Å². The lowest BCUT2D eigenvalue weighted by molar-refractivity contribution is -0.120. The van der Waals surface area contributed by atoms with Crippen molar-refractivity contribution in [2.45, 2.75) is 16.6 Å². The molecule has 5 rings (SSSR count). The first-order chi connectivity index (χ1) is 17.5. The van der Waals surface area contributed by atoms with Crippen LogP contribution in [0.1, 0.15) is 27.1 Å². The van der Waals surface area contributed by atoms with Crippen LogP contribution in [-0.2, 0) is 14.3 Å². The van der Waals surface area contributed by atoms with Gasteiger partial charge in [0.25, 0.3) is 0 Å². The molecule has 0 saturated heterocycles. The van der Waals surface area contributed by atoms with Crippen molar-refractivity contribution in [2.24, 2.45) is 0 Å². The highest BCUT2D eigenvalue weighted by Gasteiger charge is 2.28. The van der Waals surface area contributed by atoms with E-state index in [1.807, 2.05) is 24.3 Å². The second-order valence-electron chi connectivity index (χ2n) is 7.99. The molecule has 9 nitrogen and oxygen atoms in total. The molecule has 2 heterocycles. The van der Waals surface area contributed by atoms with Gasteiger partial charge in [-0.3, -0.25) is 14.4 Å². The number of para-hydroxylation sites is 1. The number of thioether (sulfide) groups is 1. The Kier molecular flexibility index (Phi) is 6.59. The number of ketones is 1. The summed E-state index contributed by atoms with van der Waals surface area (Å²) in [5, 5.41) is 5.00. The number of anilines is 2. The molecule has 182 valence electrons. The Hall–Kier alpha value is -4.31. The lowest BCUT2D eigenvalue weighted by atomic mass is 10.1. The molecular weight excluding hydrogens is 484 g/mol. The van der Waals surface area contributed by atoms with Gasteiger partial charge in [0.2, 0.25) is 18.6 Å². The molecule has 0 unspecified atom stereocenters. The Morgan fingerprint density at radius 2 is 1.72 bits per heavy atom. The molecule has 0 bridgehead atoms. The van der Waals surface area contributed by atoms with Crippen LogP contribution in [-0.4, -0.2) is 42.2 Å². The molecule has 2 amide bonds. The molecule has 10 heteroatoms. The van der Waals surface area contributed by atoms with Gasteiger partial charge >= 0.3 is 5.97 Å². The van der Waals surface area contributed by atoms with E-state index in [-0.39, 0.29) is 36.4 Å². The zero-order valence-electron chi connectivity index (χ0n) is 18.8. The van der Waals surface area contributed by atoms with Crippen LogP contribution < -0.4 is 20.1 Å². The number of esters is 1. The van der Waals surface area contributed by atoms with E-state index in [4.69, 9.17) is 14.2 Å². The summed E-state index contributed by atoms with van der Waals surface area (Å²) in [6.45, 7) is -0.330. The second-order valence-corrected chi connectivity index (χ2v) is 9.23. The second kappa shape index (κ2) is 10.1. The highest BCUT2D eigenvalue weighted by Crippen LogP contribution is 2.36. The molecule has 0 radical (unpaired) electrons. The number of nitrogens with one attached hydrogen (secondary N) is 2. The van der Waals surface area contributed by atoms with Crippen LogP contribution in [0.4, 0.5) is 11.4 Å². The molecule has 0 aliphatic carbocycles. The Bertz CT molecular complexity index is 1360. The van der Waals surface area contributed by atoms with Crippen molar-refractivity contribution < 1.29 is 33.4 Å². The van der Waals surface area contributed by atoms with Crippen molar-refractivity contribution in [3.63, 3.8) is 0 Å². The van der Waals surface area contributed by atoms with E-state index in [1.165, 1.54) is 23.9 Å². The van der Waals surface area contributed by atoms with Gasteiger partial charge in [-0.05, 0) is 54.6 Å². The maximum absolute atomic E-state index is 12.5. The number of ether oxygens (including phenoxy) is 3. The fourth-order valence-corrected chi connectivity index (χ4v) is 4.78. The van der Waals surface area contributed by atoms with E-state index in [2.05, 4.69) is 10.6 Å². The summed E-state index contributed by atoms with van der Waals surface area (Å²) in [5.74, 6) is -0.568. The average Bonchev–Trinajstić information content (AvgIpc) is 3.36. The van der Waals surface area contributed by atoms with Crippen LogP contribution in [0.3, 0.4) is 0 Å². The number of benzene rings is 3. The number of rotatable bonds is 7. The normalized spacial score (nSPS) is 15.4. The third-order valence-corrected chi connectivity index (χ3v) is 6.79. The largest absolute Gasteiger partial charge is 0.454 e. The number of carbonyl (C=O) groups is 4. The summed E-state index contributed by atoms with van der Waals surface area (Å²) in [5.41, 5.74) is 1.78. The zero-order valence-corrected chi connectivity index (χ0v) is 19.6. The Morgan fingerprint density at radius 1 is 0.972 bits per heavy atom. The highest BCUT2D eigenvalue weighted by atomic mass is 32.2. The van der Waals surface area contributed by atoms with Crippen molar-refractivity contribution in [3.05, 3.63) is 77.9 Å². The van der Waals surface area contributed by atoms with Gasteiger partial charge in [-0.25, -0.2) is 4.79 Å². The van der Waals surface area contributed by atoms with E-state index >= 15 is 0 Å². The molecule has 2 aliphatic heterocycles. The third kappa shape index (κ3) is 5.18. The van der Waals surface area contributed by atoms with Crippen LogP contribution in [0.15, 0.2) is 71.6 Å². The quantitative estimate of drug-likeness (QED) is 0.367. The smallest absolute Gasteiger partial charge is 0.338 e. The minimum absolute atomic E-state index is 0.00338. The number of Topliss-reactive ketones (excluding diaryl/α,β-unsaturated/α-hetero) is 1. The lowest BCUT2D eigenvalue weighted by Gasteiger charge is -2.23. The fraction of sp³-hybridized carbons (Fsp3) is 0.154. The molecule has 0 aromatic heterocycles. The van der Waals surface area contributed by atoms with Crippen molar-refractivity contribution >= 4 is 46.7 Å². The predicted molar refractivity (Wildman–Crippen MR) is 132 cm³/mol.